The lowest BCUT2D eigenvalue weighted by Gasteiger charge is -2.39. The zero-order chi connectivity index (χ0) is 26.6. The molecule has 10 heteroatoms. The first-order valence-electron chi connectivity index (χ1n) is 12.4. The molecule has 200 valence electrons. The molecule has 1 aromatic heterocycles. The van der Waals surface area contributed by atoms with Gasteiger partial charge >= 0.3 is 5.97 Å². The van der Waals surface area contributed by atoms with Crippen molar-refractivity contribution in [2.45, 2.75) is 97.2 Å². The Kier molecular flexibility index (Phi) is 9.35. The highest BCUT2D eigenvalue weighted by Gasteiger charge is 2.46. The molecule has 1 aromatic carbocycles. The third-order valence-corrected chi connectivity index (χ3v) is 6.00. The van der Waals surface area contributed by atoms with Crippen LogP contribution in [0.3, 0.4) is 0 Å². The summed E-state index contributed by atoms with van der Waals surface area (Å²) in [4.78, 5) is 11.6. The molecule has 36 heavy (non-hydrogen) atoms. The third kappa shape index (κ3) is 6.56. The van der Waals surface area contributed by atoms with Crippen LogP contribution in [-0.4, -0.2) is 74.5 Å². The van der Waals surface area contributed by atoms with Crippen LogP contribution in [0, 0.1) is 6.92 Å². The summed E-state index contributed by atoms with van der Waals surface area (Å²) in [5.41, 5.74) is 2.70. The van der Waals surface area contributed by atoms with Crippen molar-refractivity contribution in [3.8, 4) is 11.6 Å². The van der Waals surface area contributed by atoms with Crippen molar-refractivity contribution in [3.63, 3.8) is 0 Å². The maximum absolute atomic E-state index is 11.6. The number of aliphatic hydroxyl groups is 3. The predicted octanol–water partition coefficient (Wildman–Crippen LogP) is 2.29. The van der Waals surface area contributed by atoms with Gasteiger partial charge in [-0.25, -0.2) is 0 Å². The Morgan fingerprint density at radius 3 is 2.33 bits per heavy atom. The lowest BCUT2D eigenvalue weighted by molar-refractivity contribution is -0.279. The summed E-state index contributed by atoms with van der Waals surface area (Å²) in [6.07, 6.45) is -6.21. The molecule has 2 heterocycles. The van der Waals surface area contributed by atoms with E-state index < -0.39 is 36.7 Å². The van der Waals surface area contributed by atoms with Crippen molar-refractivity contribution in [2.24, 2.45) is 0 Å². The van der Waals surface area contributed by atoms with Crippen LogP contribution in [0.2, 0.25) is 0 Å². The van der Waals surface area contributed by atoms with Gasteiger partial charge in [-0.05, 0) is 52.3 Å². The van der Waals surface area contributed by atoms with E-state index >= 15 is 0 Å². The average Bonchev–Trinajstić information content (AvgIpc) is 3.14. The lowest BCUT2D eigenvalue weighted by Crippen LogP contribution is -2.60. The number of esters is 1. The predicted molar refractivity (Wildman–Crippen MR) is 131 cm³/mol. The number of ether oxygens (including phenoxy) is 4. The Hall–Kier alpha value is -2.66. The molecule has 5 atom stereocenters. The van der Waals surface area contributed by atoms with Gasteiger partial charge in [-0.2, -0.15) is 0 Å². The third-order valence-electron chi connectivity index (χ3n) is 6.00. The Balaban J connectivity index is 1.84. The van der Waals surface area contributed by atoms with Gasteiger partial charge in [0.25, 0.3) is 0 Å². The molecule has 1 fully saturated rings. The number of hydrogen-bond donors (Lipinski definition) is 3. The van der Waals surface area contributed by atoms with Crippen molar-refractivity contribution >= 4 is 5.97 Å². The Morgan fingerprint density at radius 1 is 1.08 bits per heavy atom. The van der Waals surface area contributed by atoms with E-state index in [1.54, 1.807) is 6.92 Å². The van der Waals surface area contributed by atoms with Crippen LogP contribution in [0.15, 0.2) is 24.3 Å². The van der Waals surface area contributed by atoms with Gasteiger partial charge in [0.05, 0.1) is 6.10 Å². The van der Waals surface area contributed by atoms with Crippen LogP contribution < -0.4 is 9.47 Å². The second-order valence-corrected chi connectivity index (χ2v) is 9.56. The summed E-state index contributed by atoms with van der Waals surface area (Å²) in [6, 6.07) is 7.81. The van der Waals surface area contributed by atoms with Crippen molar-refractivity contribution in [1.82, 2.24) is 9.78 Å². The highest BCUT2D eigenvalue weighted by Crippen LogP contribution is 2.31. The monoisotopic (exact) mass is 506 g/mol. The fourth-order valence-corrected chi connectivity index (χ4v) is 4.03. The number of aromatic nitrogens is 2. The SMILES string of the molecule is CCC(=O)OC[C@H]1OC(Oc2nn(C(C)C)c(C)c2Cc2ccc(OC(C)C)cc2)[C@H](O)[C@@H](O)[C@@H]1O. The maximum Gasteiger partial charge on any atom is 0.305 e. The molecule has 1 unspecified atom stereocenters. The molecule has 10 nitrogen and oxygen atoms in total. The van der Waals surface area contributed by atoms with Crippen LogP contribution in [0.25, 0.3) is 0 Å². The van der Waals surface area contributed by atoms with E-state index in [-0.39, 0.29) is 31.1 Å². The summed E-state index contributed by atoms with van der Waals surface area (Å²) < 4.78 is 24.3. The van der Waals surface area contributed by atoms with Crippen LogP contribution in [0.4, 0.5) is 0 Å². The quantitative estimate of drug-likeness (QED) is 0.415. The van der Waals surface area contributed by atoms with Crippen molar-refractivity contribution in [1.29, 1.82) is 0 Å². The number of rotatable bonds is 10. The molecule has 1 aliphatic rings. The van der Waals surface area contributed by atoms with Crippen LogP contribution in [-0.2, 0) is 20.7 Å². The second-order valence-electron chi connectivity index (χ2n) is 9.56. The summed E-state index contributed by atoms with van der Waals surface area (Å²) in [7, 11) is 0. The molecule has 0 spiro atoms. The van der Waals surface area contributed by atoms with E-state index in [1.807, 2.05) is 63.6 Å². The fourth-order valence-electron chi connectivity index (χ4n) is 4.03. The molecule has 0 amide bonds. The molecular weight excluding hydrogens is 468 g/mol. The molecule has 1 aliphatic heterocycles. The van der Waals surface area contributed by atoms with E-state index in [2.05, 4.69) is 5.10 Å². The van der Waals surface area contributed by atoms with E-state index in [0.717, 1.165) is 22.6 Å². The molecule has 3 N–H and O–H groups in total. The van der Waals surface area contributed by atoms with Gasteiger partial charge in [-0.1, -0.05) is 19.1 Å². The largest absolute Gasteiger partial charge is 0.491 e. The number of carbonyl (C=O) groups excluding carboxylic acids is 1. The number of benzene rings is 1. The van der Waals surface area contributed by atoms with Gasteiger partial charge in [0.15, 0.2) is 0 Å². The van der Waals surface area contributed by atoms with Crippen molar-refractivity contribution in [3.05, 3.63) is 41.1 Å². The van der Waals surface area contributed by atoms with E-state index in [9.17, 15) is 20.1 Å². The summed E-state index contributed by atoms with van der Waals surface area (Å²) in [5, 5.41) is 35.9. The molecule has 0 saturated carbocycles. The van der Waals surface area contributed by atoms with Crippen molar-refractivity contribution < 1.29 is 39.1 Å². The molecule has 1 saturated heterocycles. The van der Waals surface area contributed by atoms with Gasteiger partial charge in [-0.3, -0.25) is 9.48 Å². The van der Waals surface area contributed by atoms with Gasteiger partial charge < -0.3 is 34.3 Å². The molecule has 0 bridgehead atoms. The van der Waals surface area contributed by atoms with Crippen LogP contribution in [0.1, 0.15) is 63.9 Å². The Labute approximate surface area is 211 Å². The minimum atomic E-state index is -1.56. The zero-order valence-corrected chi connectivity index (χ0v) is 21.7. The molecule has 0 radical (unpaired) electrons. The normalized spacial score (nSPS) is 24.2. The summed E-state index contributed by atoms with van der Waals surface area (Å²) in [6.45, 7) is 11.2. The number of aliphatic hydroxyl groups excluding tert-OH is 3. The van der Waals surface area contributed by atoms with Crippen molar-refractivity contribution in [2.75, 3.05) is 6.61 Å². The number of carbonyl (C=O) groups is 1. The topological polar surface area (TPSA) is 132 Å². The van der Waals surface area contributed by atoms with Gasteiger partial charge in [0.1, 0.15) is 36.8 Å². The van der Waals surface area contributed by atoms with E-state index in [4.69, 9.17) is 18.9 Å². The number of hydrogen-bond acceptors (Lipinski definition) is 9. The van der Waals surface area contributed by atoms with Gasteiger partial charge in [0.2, 0.25) is 12.2 Å². The molecule has 3 rings (SSSR count). The van der Waals surface area contributed by atoms with Crippen LogP contribution in [0.5, 0.6) is 11.6 Å². The first-order chi connectivity index (χ1) is 17.0. The highest BCUT2D eigenvalue weighted by atomic mass is 16.7. The minimum absolute atomic E-state index is 0.0498. The minimum Gasteiger partial charge on any atom is -0.491 e. The first kappa shape index (κ1) is 27.9. The smallest absolute Gasteiger partial charge is 0.305 e. The second kappa shape index (κ2) is 12.1. The summed E-state index contributed by atoms with van der Waals surface area (Å²) >= 11 is 0. The van der Waals surface area contributed by atoms with E-state index in [0.29, 0.717) is 6.42 Å². The lowest BCUT2D eigenvalue weighted by atomic mass is 9.99. The Morgan fingerprint density at radius 2 is 1.75 bits per heavy atom. The summed E-state index contributed by atoms with van der Waals surface area (Å²) in [5.74, 6) is 0.559. The number of nitrogens with zero attached hydrogens (tertiary/aromatic N) is 2. The zero-order valence-electron chi connectivity index (χ0n) is 21.7. The fraction of sp³-hybridized carbons (Fsp3) is 0.615. The Bertz CT molecular complexity index is 1000. The standard InChI is InChI=1S/C26H38N2O8/c1-7-21(29)33-13-20-22(30)23(31)24(32)26(35-20)36-25-19(16(6)28(27-25)14(2)3)12-17-8-10-18(11-9-17)34-15(4)5/h8-11,14-15,20,22-24,26,30-32H,7,12-13H2,1-6H3/t20-,22-,23+,24-,26?/m1/s1. The van der Waals surface area contributed by atoms with Gasteiger partial charge in [0, 0.05) is 30.1 Å². The molecule has 0 aliphatic carbocycles. The highest BCUT2D eigenvalue weighted by molar-refractivity contribution is 5.68. The average molecular weight is 507 g/mol. The maximum atomic E-state index is 11.6. The molecule has 2 aromatic rings. The van der Waals surface area contributed by atoms with Crippen LogP contribution >= 0.6 is 0 Å². The van der Waals surface area contributed by atoms with Gasteiger partial charge in [-0.15, -0.1) is 5.10 Å². The van der Waals surface area contributed by atoms with E-state index in [1.165, 1.54) is 0 Å². The molecular formula is C26H38N2O8. The first-order valence-corrected chi connectivity index (χ1v) is 12.4.